The van der Waals surface area contributed by atoms with Gasteiger partial charge in [-0.3, -0.25) is 14.6 Å². The van der Waals surface area contributed by atoms with Crippen molar-refractivity contribution in [2.45, 2.75) is 26.7 Å². The number of amides is 2. The van der Waals surface area contributed by atoms with Crippen LogP contribution in [0.2, 0.25) is 0 Å². The lowest BCUT2D eigenvalue weighted by Crippen LogP contribution is -2.38. The molecule has 2 aromatic rings. The van der Waals surface area contributed by atoms with Gasteiger partial charge in [0.1, 0.15) is 5.69 Å². The zero-order chi connectivity index (χ0) is 17.8. The summed E-state index contributed by atoms with van der Waals surface area (Å²) in [5.41, 5.74) is 2.57. The molecule has 0 saturated carbocycles. The number of anilines is 1. The van der Waals surface area contributed by atoms with E-state index in [-0.39, 0.29) is 11.8 Å². The predicted molar refractivity (Wildman–Crippen MR) is 97.7 cm³/mol. The summed E-state index contributed by atoms with van der Waals surface area (Å²) in [4.78, 5) is 31.1. The number of pyridine rings is 1. The number of piperidine rings is 1. The SMILES string of the molecule is Cc1cccc(NC(=O)c2ccnc(C(=O)N3CCC(C)CC3)c2)c1. The average molecular weight is 337 g/mol. The highest BCUT2D eigenvalue weighted by atomic mass is 16.2. The van der Waals surface area contributed by atoms with Gasteiger partial charge in [-0.1, -0.05) is 19.1 Å². The van der Waals surface area contributed by atoms with Crippen LogP contribution in [0.3, 0.4) is 0 Å². The Morgan fingerprint density at radius 3 is 2.64 bits per heavy atom. The van der Waals surface area contributed by atoms with Crippen molar-refractivity contribution in [3.05, 3.63) is 59.4 Å². The van der Waals surface area contributed by atoms with Crippen LogP contribution in [-0.4, -0.2) is 34.8 Å². The third-order valence-electron chi connectivity index (χ3n) is 4.59. The zero-order valence-electron chi connectivity index (χ0n) is 14.7. The third-order valence-corrected chi connectivity index (χ3v) is 4.59. The van der Waals surface area contributed by atoms with E-state index in [0.29, 0.717) is 17.2 Å². The van der Waals surface area contributed by atoms with Crippen LogP contribution in [0, 0.1) is 12.8 Å². The third kappa shape index (κ3) is 4.24. The van der Waals surface area contributed by atoms with Gasteiger partial charge in [0.15, 0.2) is 0 Å². The van der Waals surface area contributed by atoms with Gasteiger partial charge in [0.05, 0.1) is 0 Å². The number of carbonyl (C=O) groups is 2. The normalized spacial score (nSPS) is 15.0. The van der Waals surface area contributed by atoms with Crippen LogP contribution in [0.1, 0.15) is 46.2 Å². The predicted octanol–water partition coefficient (Wildman–Crippen LogP) is 3.51. The van der Waals surface area contributed by atoms with E-state index in [1.807, 2.05) is 36.1 Å². The van der Waals surface area contributed by atoms with E-state index in [1.54, 1.807) is 12.1 Å². The molecule has 1 aliphatic heterocycles. The number of nitrogens with one attached hydrogen (secondary N) is 1. The molecule has 0 spiro atoms. The molecule has 2 amide bonds. The largest absolute Gasteiger partial charge is 0.337 e. The Morgan fingerprint density at radius 1 is 1.16 bits per heavy atom. The van der Waals surface area contributed by atoms with Gasteiger partial charge >= 0.3 is 0 Å². The van der Waals surface area contributed by atoms with Crippen molar-refractivity contribution in [1.82, 2.24) is 9.88 Å². The topological polar surface area (TPSA) is 62.3 Å². The molecule has 0 bridgehead atoms. The van der Waals surface area contributed by atoms with Crippen LogP contribution in [0.25, 0.3) is 0 Å². The number of hydrogen-bond donors (Lipinski definition) is 1. The lowest BCUT2D eigenvalue weighted by molar-refractivity contribution is 0.0691. The molecule has 1 aromatic carbocycles. The summed E-state index contributed by atoms with van der Waals surface area (Å²) < 4.78 is 0. The fourth-order valence-electron chi connectivity index (χ4n) is 2.99. The van der Waals surface area contributed by atoms with E-state index >= 15 is 0 Å². The van der Waals surface area contributed by atoms with E-state index in [1.165, 1.54) is 6.20 Å². The molecule has 0 aliphatic carbocycles. The van der Waals surface area contributed by atoms with Gasteiger partial charge in [-0.2, -0.15) is 0 Å². The maximum atomic E-state index is 12.6. The molecule has 2 heterocycles. The molecule has 0 unspecified atom stereocenters. The summed E-state index contributed by atoms with van der Waals surface area (Å²) in [5.74, 6) is 0.315. The smallest absolute Gasteiger partial charge is 0.272 e. The minimum absolute atomic E-state index is 0.0999. The van der Waals surface area contributed by atoms with Gasteiger partial charge < -0.3 is 10.2 Å². The van der Waals surface area contributed by atoms with Gasteiger partial charge in [-0.25, -0.2) is 0 Å². The Hall–Kier alpha value is -2.69. The van der Waals surface area contributed by atoms with E-state index in [9.17, 15) is 9.59 Å². The molecule has 3 rings (SSSR count). The summed E-state index contributed by atoms with van der Waals surface area (Å²) >= 11 is 0. The molecular formula is C20H23N3O2. The summed E-state index contributed by atoms with van der Waals surface area (Å²) in [6.07, 6.45) is 3.55. The molecule has 1 saturated heterocycles. The maximum Gasteiger partial charge on any atom is 0.272 e. The minimum atomic E-state index is -0.241. The van der Waals surface area contributed by atoms with Crippen LogP contribution < -0.4 is 5.32 Å². The highest BCUT2D eigenvalue weighted by Crippen LogP contribution is 2.18. The van der Waals surface area contributed by atoms with Crippen LogP contribution in [0.15, 0.2) is 42.6 Å². The number of carbonyl (C=O) groups excluding carboxylic acids is 2. The number of likely N-dealkylation sites (tertiary alicyclic amines) is 1. The number of aryl methyl sites for hydroxylation is 1. The standard InChI is InChI=1S/C20H23N3O2/c1-14-7-10-23(11-8-14)20(25)18-13-16(6-9-21-18)19(24)22-17-5-3-4-15(2)12-17/h3-6,9,12-14H,7-8,10-11H2,1-2H3,(H,22,24). The lowest BCUT2D eigenvalue weighted by atomic mass is 9.99. The summed E-state index contributed by atoms with van der Waals surface area (Å²) in [6.45, 7) is 5.68. The second-order valence-electron chi connectivity index (χ2n) is 6.73. The number of rotatable bonds is 3. The first-order chi connectivity index (χ1) is 12.0. The van der Waals surface area contributed by atoms with Gasteiger partial charge in [-0.05, 0) is 55.5 Å². The van der Waals surface area contributed by atoms with Crippen LogP contribution in [0.4, 0.5) is 5.69 Å². The summed E-state index contributed by atoms with van der Waals surface area (Å²) in [7, 11) is 0. The quantitative estimate of drug-likeness (QED) is 0.932. The van der Waals surface area contributed by atoms with Crippen molar-refractivity contribution in [3.8, 4) is 0 Å². The van der Waals surface area contributed by atoms with E-state index < -0.39 is 0 Å². The second kappa shape index (κ2) is 7.47. The van der Waals surface area contributed by atoms with Crippen molar-refractivity contribution in [2.75, 3.05) is 18.4 Å². The Labute approximate surface area is 148 Å². The minimum Gasteiger partial charge on any atom is -0.337 e. The molecule has 5 heteroatoms. The summed E-state index contributed by atoms with van der Waals surface area (Å²) in [5, 5.41) is 2.86. The van der Waals surface area contributed by atoms with Crippen LogP contribution in [-0.2, 0) is 0 Å². The lowest BCUT2D eigenvalue weighted by Gasteiger charge is -2.30. The molecule has 1 fully saturated rings. The van der Waals surface area contributed by atoms with Gasteiger partial charge in [0, 0.05) is 30.5 Å². The van der Waals surface area contributed by atoms with Crippen molar-refractivity contribution < 1.29 is 9.59 Å². The van der Waals surface area contributed by atoms with E-state index in [0.717, 1.165) is 37.2 Å². The fraction of sp³-hybridized carbons (Fsp3) is 0.350. The fourth-order valence-corrected chi connectivity index (χ4v) is 2.99. The van der Waals surface area contributed by atoms with Crippen molar-refractivity contribution >= 4 is 17.5 Å². The molecular weight excluding hydrogens is 314 g/mol. The van der Waals surface area contributed by atoms with Gasteiger partial charge in [0.2, 0.25) is 0 Å². The molecule has 5 nitrogen and oxygen atoms in total. The number of aromatic nitrogens is 1. The van der Waals surface area contributed by atoms with Crippen LogP contribution in [0.5, 0.6) is 0 Å². The monoisotopic (exact) mass is 337 g/mol. The first kappa shape index (κ1) is 17.1. The second-order valence-corrected chi connectivity index (χ2v) is 6.73. The van der Waals surface area contributed by atoms with Crippen LogP contribution >= 0.6 is 0 Å². The van der Waals surface area contributed by atoms with Crippen molar-refractivity contribution in [3.63, 3.8) is 0 Å². The Morgan fingerprint density at radius 2 is 1.92 bits per heavy atom. The van der Waals surface area contributed by atoms with E-state index in [2.05, 4.69) is 17.2 Å². The molecule has 130 valence electrons. The van der Waals surface area contributed by atoms with Gasteiger partial charge in [0.25, 0.3) is 11.8 Å². The molecule has 25 heavy (non-hydrogen) atoms. The Kier molecular flexibility index (Phi) is 5.12. The maximum absolute atomic E-state index is 12.6. The highest BCUT2D eigenvalue weighted by molar-refractivity contribution is 6.05. The van der Waals surface area contributed by atoms with Crippen molar-refractivity contribution in [1.29, 1.82) is 0 Å². The first-order valence-electron chi connectivity index (χ1n) is 8.66. The Bertz CT molecular complexity index is 780. The average Bonchev–Trinajstić information content (AvgIpc) is 2.62. The zero-order valence-corrected chi connectivity index (χ0v) is 14.7. The summed E-state index contributed by atoms with van der Waals surface area (Å²) in [6, 6.07) is 10.8. The molecule has 0 radical (unpaired) electrons. The molecule has 1 aliphatic rings. The molecule has 1 N–H and O–H groups in total. The number of benzene rings is 1. The van der Waals surface area contributed by atoms with E-state index in [4.69, 9.17) is 0 Å². The number of hydrogen-bond acceptors (Lipinski definition) is 3. The molecule has 0 atom stereocenters. The Balaban J connectivity index is 1.72. The molecule has 1 aromatic heterocycles. The first-order valence-corrected chi connectivity index (χ1v) is 8.66. The highest BCUT2D eigenvalue weighted by Gasteiger charge is 2.23. The number of nitrogens with zero attached hydrogens (tertiary/aromatic N) is 2. The van der Waals surface area contributed by atoms with Crippen molar-refractivity contribution in [2.24, 2.45) is 5.92 Å². The van der Waals surface area contributed by atoms with Gasteiger partial charge in [-0.15, -0.1) is 0 Å².